The first kappa shape index (κ1) is 19.3. The molecular formula is C19H28IN3OS. The summed E-state index contributed by atoms with van der Waals surface area (Å²) in [6.45, 7) is 1.86. The third-order valence-electron chi connectivity index (χ3n) is 5.96. The van der Waals surface area contributed by atoms with E-state index in [4.69, 9.17) is 4.74 Å². The average Bonchev–Trinajstić information content (AvgIpc) is 2.99. The molecule has 25 heavy (non-hydrogen) atoms. The number of hydrogen-bond acceptors (Lipinski definition) is 3. The summed E-state index contributed by atoms with van der Waals surface area (Å²) in [6.07, 6.45) is 5.69. The molecule has 138 valence electrons. The van der Waals surface area contributed by atoms with Crippen molar-refractivity contribution in [3.8, 4) is 0 Å². The van der Waals surface area contributed by atoms with Gasteiger partial charge in [-0.2, -0.15) is 0 Å². The minimum Gasteiger partial charge on any atom is -0.377 e. The Morgan fingerprint density at radius 3 is 2.80 bits per heavy atom. The highest BCUT2D eigenvalue weighted by Crippen LogP contribution is 2.62. The van der Waals surface area contributed by atoms with Crippen molar-refractivity contribution in [1.29, 1.82) is 0 Å². The first-order valence-electron chi connectivity index (χ1n) is 9.10. The van der Waals surface area contributed by atoms with E-state index in [-0.39, 0.29) is 24.0 Å². The van der Waals surface area contributed by atoms with Crippen LogP contribution < -0.4 is 10.6 Å². The highest BCUT2D eigenvalue weighted by molar-refractivity contribution is 14.0. The Bertz CT molecular complexity index is 594. The minimum absolute atomic E-state index is 0. The van der Waals surface area contributed by atoms with E-state index >= 15 is 0 Å². The molecule has 3 fully saturated rings. The molecule has 0 radical (unpaired) electrons. The number of benzene rings is 1. The fourth-order valence-electron chi connectivity index (χ4n) is 4.65. The predicted octanol–water partition coefficient (Wildman–Crippen LogP) is 3.52. The summed E-state index contributed by atoms with van der Waals surface area (Å²) in [5, 5.41) is 7.20. The number of guanidine groups is 1. The van der Waals surface area contributed by atoms with Crippen LogP contribution in [-0.4, -0.2) is 44.1 Å². The van der Waals surface area contributed by atoms with E-state index in [0.717, 1.165) is 24.9 Å². The maximum atomic E-state index is 6.00. The van der Waals surface area contributed by atoms with Gasteiger partial charge in [0.1, 0.15) is 0 Å². The van der Waals surface area contributed by atoms with Gasteiger partial charge in [0.15, 0.2) is 5.96 Å². The predicted molar refractivity (Wildman–Crippen MR) is 115 cm³/mol. The first-order valence-corrected chi connectivity index (χ1v) is 10.1. The fourth-order valence-corrected chi connectivity index (χ4v) is 5.44. The van der Waals surface area contributed by atoms with Crippen LogP contribution in [0.15, 0.2) is 40.2 Å². The number of nitrogens with zero attached hydrogens (tertiary/aromatic N) is 1. The van der Waals surface area contributed by atoms with Gasteiger partial charge in [-0.3, -0.25) is 4.99 Å². The van der Waals surface area contributed by atoms with Crippen LogP contribution in [0.2, 0.25) is 0 Å². The monoisotopic (exact) mass is 473 g/mol. The van der Waals surface area contributed by atoms with Gasteiger partial charge in [-0.05, 0) is 31.4 Å². The molecule has 2 saturated carbocycles. The van der Waals surface area contributed by atoms with E-state index in [1.807, 2.05) is 18.8 Å². The molecule has 3 aliphatic rings. The van der Waals surface area contributed by atoms with Gasteiger partial charge in [0.05, 0.1) is 6.10 Å². The van der Waals surface area contributed by atoms with Gasteiger partial charge < -0.3 is 15.4 Å². The Hall–Kier alpha value is -0.470. The summed E-state index contributed by atoms with van der Waals surface area (Å²) in [5.74, 6) is 2.67. The number of ether oxygens (including phenoxy) is 1. The molecule has 2 aliphatic carbocycles. The van der Waals surface area contributed by atoms with Gasteiger partial charge in [0.2, 0.25) is 0 Å². The van der Waals surface area contributed by atoms with E-state index in [1.54, 1.807) is 0 Å². The summed E-state index contributed by atoms with van der Waals surface area (Å²) < 4.78 is 6.00. The van der Waals surface area contributed by atoms with Crippen molar-refractivity contribution in [2.24, 2.45) is 16.3 Å². The highest BCUT2D eigenvalue weighted by Gasteiger charge is 2.66. The normalized spacial score (nSPS) is 29.2. The molecule has 0 amide bonds. The fraction of sp³-hybridized carbons (Fsp3) is 0.632. The number of hydrogen-bond donors (Lipinski definition) is 2. The van der Waals surface area contributed by atoms with Crippen LogP contribution in [0.25, 0.3) is 0 Å². The van der Waals surface area contributed by atoms with Crippen molar-refractivity contribution < 1.29 is 4.74 Å². The van der Waals surface area contributed by atoms with Gasteiger partial charge >= 0.3 is 0 Å². The number of halogens is 1. The molecule has 6 heteroatoms. The van der Waals surface area contributed by atoms with Crippen LogP contribution in [0.5, 0.6) is 0 Å². The molecule has 3 unspecified atom stereocenters. The molecule has 1 aromatic carbocycles. The van der Waals surface area contributed by atoms with Crippen LogP contribution >= 0.6 is 35.7 Å². The lowest BCUT2D eigenvalue weighted by molar-refractivity contribution is -0.171. The molecule has 0 aromatic heterocycles. The zero-order chi connectivity index (χ0) is 16.4. The zero-order valence-corrected chi connectivity index (χ0v) is 17.9. The molecule has 3 atom stereocenters. The van der Waals surface area contributed by atoms with Gasteiger partial charge in [-0.25, -0.2) is 0 Å². The molecular weight excluding hydrogens is 445 g/mol. The van der Waals surface area contributed by atoms with Gasteiger partial charge in [0, 0.05) is 48.2 Å². The van der Waals surface area contributed by atoms with Crippen LogP contribution in [0.4, 0.5) is 0 Å². The third-order valence-corrected chi connectivity index (χ3v) is 6.97. The van der Waals surface area contributed by atoms with Crippen molar-refractivity contribution >= 4 is 41.7 Å². The third kappa shape index (κ3) is 3.67. The number of nitrogens with one attached hydrogen (secondary N) is 2. The van der Waals surface area contributed by atoms with Crippen LogP contribution in [-0.2, 0) is 4.74 Å². The van der Waals surface area contributed by atoms with Crippen LogP contribution in [0.3, 0.4) is 0 Å². The van der Waals surface area contributed by atoms with Crippen molar-refractivity contribution in [3.05, 3.63) is 30.3 Å². The summed E-state index contributed by atoms with van der Waals surface area (Å²) in [7, 11) is 1.87. The maximum Gasteiger partial charge on any atom is 0.191 e. The molecule has 0 bridgehead atoms. The van der Waals surface area contributed by atoms with Crippen molar-refractivity contribution in [2.45, 2.75) is 42.7 Å². The number of fused-ring (bicyclic) bond motifs is 2. The van der Waals surface area contributed by atoms with Gasteiger partial charge in [0.25, 0.3) is 0 Å². The Kier molecular flexibility index (Phi) is 6.55. The molecule has 1 aromatic rings. The molecule has 1 saturated heterocycles. The summed E-state index contributed by atoms with van der Waals surface area (Å²) in [6, 6.07) is 11.1. The quantitative estimate of drug-likeness (QED) is 0.226. The topological polar surface area (TPSA) is 45.7 Å². The van der Waals surface area contributed by atoms with Crippen LogP contribution in [0, 0.1) is 11.3 Å². The van der Waals surface area contributed by atoms with Crippen molar-refractivity contribution in [3.63, 3.8) is 0 Å². The van der Waals surface area contributed by atoms with Gasteiger partial charge in [-0.15, -0.1) is 35.7 Å². The zero-order valence-electron chi connectivity index (χ0n) is 14.7. The lowest BCUT2D eigenvalue weighted by Gasteiger charge is -2.63. The van der Waals surface area contributed by atoms with E-state index in [1.165, 1.54) is 30.6 Å². The molecule has 1 heterocycles. The SMILES string of the molecule is CN=C(NCCSc1ccccc1)NC1C2CCOC2C12CCC2.I. The van der Waals surface area contributed by atoms with E-state index in [0.29, 0.717) is 23.5 Å². The molecule has 4 rings (SSSR count). The number of aliphatic imine (C=N–C) groups is 1. The minimum atomic E-state index is 0. The second-order valence-electron chi connectivity index (χ2n) is 7.11. The first-order chi connectivity index (χ1) is 11.8. The Morgan fingerprint density at radius 1 is 1.32 bits per heavy atom. The largest absolute Gasteiger partial charge is 0.377 e. The average molecular weight is 473 g/mol. The van der Waals surface area contributed by atoms with E-state index in [2.05, 4.69) is 46.0 Å². The Balaban J connectivity index is 0.00000182. The standard InChI is InChI=1S/C19H27N3OS.HI/c1-20-18(21-11-13-24-14-6-3-2-4-7-14)22-16-15-8-12-23-17(15)19(16)9-5-10-19;/h2-4,6-7,15-17H,5,8-13H2,1H3,(H2,20,21,22);1H. The lowest BCUT2D eigenvalue weighted by atomic mass is 9.46. The second kappa shape index (κ2) is 8.48. The lowest BCUT2D eigenvalue weighted by Crippen LogP contribution is -2.72. The second-order valence-corrected chi connectivity index (χ2v) is 8.28. The highest BCUT2D eigenvalue weighted by atomic mass is 127. The number of rotatable bonds is 5. The molecule has 4 nitrogen and oxygen atoms in total. The van der Waals surface area contributed by atoms with Crippen LogP contribution in [0.1, 0.15) is 25.7 Å². The summed E-state index contributed by atoms with van der Waals surface area (Å²) in [5.41, 5.74) is 0.400. The Morgan fingerprint density at radius 2 is 2.12 bits per heavy atom. The van der Waals surface area contributed by atoms with Crippen molar-refractivity contribution in [2.75, 3.05) is 26.0 Å². The number of thioether (sulfide) groups is 1. The van der Waals surface area contributed by atoms with Gasteiger partial charge in [-0.1, -0.05) is 24.6 Å². The summed E-state index contributed by atoms with van der Waals surface area (Å²) in [4.78, 5) is 5.76. The van der Waals surface area contributed by atoms with E-state index < -0.39 is 0 Å². The summed E-state index contributed by atoms with van der Waals surface area (Å²) >= 11 is 1.88. The smallest absolute Gasteiger partial charge is 0.191 e. The maximum absolute atomic E-state index is 6.00. The molecule has 2 N–H and O–H groups in total. The molecule has 1 spiro atoms. The van der Waals surface area contributed by atoms with E-state index in [9.17, 15) is 0 Å². The van der Waals surface area contributed by atoms with Crippen molar-refractivity contribution in [1.82, 2.24) is 10.6 Å². The Labute approximate surface area is 172 Å². The molecule has 1 aliphatic heterocycles.